The molecule has 0 aliphatic carbocycles. The molecule has 0 radical (unpaired) electrons. The highest BCUT2D eigenvalue weighted by Gasteiger charge is 2.53. The molecule has 1 aromatic heterocycles. The van der Waals surface area contributed by atoms with Crippen molar-refractivity contribution in [3.63, 3.8) is 0 Å². The summed E-state index contributed by atoms with van der Waals surface area (Å²) < 4.78 is 6.92. The fraction of sp³-hybridized carbons (Fsp3) is 0.643. The molecule has 1 aliphatic rings. The number of aromatic nitrogens is 2. The molecule has 1 unspecified atom stereocenters. The molecular formula is C14H24N3O4P. The summed E-state index contributed by atoms with van der Waals surface area (Å²) in [6.07, 6.45) is 4.30. The summed E-state index contributed by atoms with van der Waals surface area (Å²) in [7, 11) is 0. The molecule has 0 aromatic carbocycles. The first-order valence-electron chi connectivity index (χ1n) is 7.10. The van der Waals surface area contributed by atoms with Crippen LogP contribution in [0.4, 0.5) is 5.82 Å². The smallest absolute Gasteiger partial charge is 0.351 e. The number of hydrogen-bond donors (Lipinski definition) is 3. The van der Waals surface area contributed by atoms with Crippen molar-refractivity contribution < 1.29 is 14.9 Å². The van der Waals surface area contributed by atoms with E-state index < -0.39 is 36.6 Å². The summed E-state index contributed by atoms with van der Waals surface area (Å²) in [5.41, 5.74) is 3.25. The van der Waals surface area contributed by atoms with Gasteiger partial charge in [-0.25, -0.2) is 4.79 Å². The Morgan fingerprint density at radius 1 is 1.59 bits per heavy atom. The minimum Gasteiger partial charge on any atom is -0.387 e. The van der Waals surface area contributed by atoms with Crippen LogP contribution in [-0.2, 0) is 4.74 Å². The van der Waals surface area contributed by atoms with E-state index in [0.717, 1.165) is 10.7 Å². The van der Waals surface area contributed by atoms with Gasteiger partial charge in [-0.05, 0) is 38.9 Å². The molecule has 1 aliphatic heterocycles. The molecular weight excluding hydrogens is 305 g/mol. The Balaban J connectivity index is 2.26. The molecule has 2 heterocycles. The van der Waals surface area contributed by atoms with Gasteiger partial charge in [-0.3, -0.25) is 4.57 Å². The van der Waals surface area contributed by atoms with Crippen LogP contribution in [0.15, 0.2) is 17.1 Å². The quantitative estimate of drug-likeness (QED) is 0.667. The monoisotopic (exact) mass is 329 g/mol. The van der Waals surface area contributed by atoms with Crippen LogP contribution in [0.2, 0.25) is 0 Å². The molecule has 22 heavy (non-hydrogen) atoms. The average molecular weight is 329 g/mol. The number of nitrogen functional groups attached to an aromatic ring is 1. The second kappa shape index (κ2) is 5.81. The van der Waals surface area contributed by atoms with Gasteiger partial charge in [0.05, 0.1) is 6.10 Å². The Hall–Kier alpha value is -1.14. The summed E-state index contributed by atoms with van der Waals surface area (Å²) >= 11 is 0. The van der Waals surface area contributed by atoms with Crippen molar-refractivity contribution in [3.05, 3.63) is 22.7 Å². The van der Waals surface area contributed by atoms with Crippen LogP contribution in [0.1, 0.15) is 19.6 Å². The third kappa shape index (κ3) is 3.43. The van der Waals surface area contributed by atoms with Crippen molar-refractivity contribution in [1.29, 1.82) is 0 Å². The van der Waals surface area contributed by atoms with Gasteiger partial charge in [0, 0.05) is 6.20 Å². The molecule has 2 rings (SSSR count). The first kappa shape index (κ1) is 17.2. The van der Waals surface area contributed by atoms with Gasteiger partial charge in [-0.15, -0.1) is 13.2 Å². The topological polar surface area (TPSA) is 111 Å². The molecule has 0 saturated carbocycles. The van der Waals surface area contributed by atoms with Gasteiger partial charge in [0.2, 0.25) is 0 Å². The second-order valence-electron chi connectivity index (χ2n) is 6.69. The molecule has 0 spiro atoms. The lowest BCUT2D eigenvalue weighted by Gasteiger charge is -2.27. The Morgan fingerprint density at radius 2 is 2.23 bits per heavy atom. The average Bonchev–Trinajstić information content (AvgIpc) is 2.59. The van der Waals surface area contributed by atoms with E-state index in [-0.39, 0.29) is 5.82 Å². The van der Waals surface area contributed by atoms with Crippen molar-refractivity contribution in [3.8, 4) is 0 Å². The number of nitrogens with zero attached hydrogens (tertiary/aromatic N) is 2. The number of aliphatic hydroxyl groups excluding tert-OH is 1. The van der Waals surface area contributed by atoms with E-state index in [1.165, 1.54) is 19.2 Å². The first-order chi connectivity index (χ1) is 10.0. The predicted octanol–water partition coefficient (Wildman–Crippen LogP) is -0.0659. The van der Waals surface area contributed by atoms with Crippen molar-refractivity contribution in [2.24, 2.45) is 0 Å². The number of anilines is 1. The molecule has 124 valence electrons. The fourth-order valence-electron chi connectivity index (χ4n) is 2.55. The Morgan fingerprint density at radius 3 is 2.77 bits per heavy atom. The molecule has 8 heteroatoms. The molecule has 1 saturated heterocycles. The lowest BCUT2D eigenvalue weighted by molar-refractivity contribution is -0.0974. The molecule has 4 atom stereocenters. The number of aliphatic hydroxyl groups is 2. The SMILES string of the molecule is C=P(C)(C)CC[C@H]1OC(n2ccc(N)nc2=O)[C@](C)(O)[C@@H]1O. The summed E-state index contributed by atoms with van der Waals surface area (Å²) in [6.45, 7) is 4.38. The Labute approximate surface area is 129 Å². The highest BCUT2D eigenvalue weighted by molar-refractivity contribution is 7.72. The van der Waals surface area contributed by atoms with Crippen molar-refractivity contribution in [2.75, 3.05) is 25.2 Å². The molecule has 7 nitrogen and oxygen atoms in total. The maximum atomic E-state index is 11.9. The van der Waals surface area contributed by atoms with E-state index in [1.807, 2.05) is 0 Å². The van der Waals surface area contributed by atoms with Crippen LogP contribution >= 0.6 is 6.89 Å². The minimum atomic E-state index is -1.59. The predicted molar refractivity (Wildman–Crippen MR) is 88.8 cm³/mol. The summed E-state index contributed by atoms with van der Waals surface area (Å²) in [5.74, 6) is 0.0968. The van der Waals surface area contributed by atoms with Crippen molar-refractivity contribution >= 4 is 19.0 Å². The zero-order chi connectivity index (χ0) is 16.7. The molecule has 0 amide bonds. The maximum Gasteiger partial charge on any atom is 0.351 e. The van der Waals surface area contributed by atoms with E-state index in [2.05, 4.69) is 24.6 Å². The second-order valence-corrected chi connectivity index (χ2v) is 11.0. The lowest BCUT2D eigenvalue weighted by Crippen LogP contribution is -2.45. The minimum absolute atomic E-state index is 0.0968. The Kier molecular flexibility index (Phi) is 4.55. The van der Waals surface area contributed by atoms with E-state index in [4.69, 9.17) is 10.5 Å². The van der Waals surface area contributed by atoms with Gasteiger partial charge in [-0.1, -0.05) is 0 Å². The van der Waals surface area contributed by atoms with Gasteiger partial charge >= 0.3 is 5.69 Å². The van der Waals surface area contributed by atoms with Crippen LogP contribution in [0.5, 0.6) is 0 Å². The van der Waals surface area contributed by atoms with E-state index in [1.54, 1.807) is 0 Å². The van der Waals surface area contributed by atoms with Gasteiger partial charge < -0.3 is 20.7 Å². The largest absolute Gasteiger partial charge is 0.387 e. The van der Waals surface area contributed by atoms with Crippen molar-refractivity contribution in [1.82, 2.24) is 9.55 Å². The first-order valence-corrected chi connectivity index (χ1v) is 10.2. The van der Waals surface area contributed by atoms with Crippen LogP contribution in [0.25, 0.3) is 0 Å². The van der Waals surface area contributed by atoms with Gasteiger partial charge in [0.25, 0.3) is 0 Å². The zero-order valence-electron chi connectivity index (χ0n) is 13.1. The van der Waals surface area contributed by atoms with E-state index in [0.29, 0.717) is 6.42 Å². The summed E-state index contributed by atoms with van der Waals surface area (Å²) in [4.78, 5) is 15.6. The Bertz CT molecular complexity index is 652. The van der Waals surface area contributed by atoms with Crippen LogP contribution in [0, 0.1) is 0 Å². The van der Waals surface area contributed by atoms with Gasteiger partial charge in [0.15, 0.2) is 6.23 Å². The highest BCUT2D eigenvalue weighted by Crippen LogP contribution is 2.42. The maximum absolute atomic E-state index is 11.9. The van der Waals surface area contributed by atoms with E-state index in [9.17, 15) is 15.0 Å². The number of rotatable bonds is 4. The number of hydrogen-bond acceptors (Lipinski definition) is 6. The van der Waals surface area contributed by atoms with Crippen LogP contribution in [0.3, 0.4) is 0 Å². The van der Waals surface area contributed by atoms with Crippen molar-refractivity contribution in [2.45, 2.75) is 37.4 Å². The molecule has 1 fully saturated rings. The third-order valence-corrected chi connectivity index (χ3v) is 5.35. The molecule has 0 bridgehead atoms. The standard InChI is InChI=1S/C14H24N3O4P/c1-14(20)11(18)9(6-8-22(2,3)4)21-12(14)17-7-5-10(15)16-13(17)19/h5,7,9,11-12,18,20H,2,6,8H2,1,3-4H3,(H2,15,16,19)/t9-,11-,12?,14-/m1/s1. The summed E-state index contributed by atoms with van der Waals surface area (Å²) in [5, 5.41) is 20.9. The van der Waals surface area contributed by atoms with Gasteiger partial charge in [0.1, 0.15) is 17.5 Å². The van der Waals surface area contributed by atoms with Crippen LogP contribution in [-0.4, -0.2) is 63.4 Å². The number of nitrogens with two attached hydrogens (primary N) is 1. The summed E-state index contributed by atoms with van der Waals surface area (Å²) in [6, 6.07) is 1.45. The van der Waals surface area contributed by atoms with Gasteiger partial charge in [-0.2, -0.15) is 4.98 Å². The highest BCUT2D eigenvalue weighted by atomic mass is 31.2. The third-order valence-electron chi connectivity index (χ3n) is 3.88. The lowest BCUT2D eigenvalue weighted by atomic mass is 9.95. The molecule has 1 aromatic rings. The van der Waals surface area contributed by atoms with E-state index >= 15 is 0 Å². The molecule has 4 N–H and O–H groups in total. The van der Waals surface area contributed by atoms with Crippen LogP contribution < -0.4 is 11.4 Å². The number of ether oxygens (including phenoxy) is 1. The fourth-order valence-corrected chi connectivity index (χ4v) is 3.51. The normalized spacial score (nSPS) is 32.3. The zero-order valence-corrected chi connectivity index (χ0v) is 14.0.